The zero-order chi connectivity index (χ0) is 16.3. The van der Waals surface area contributed by atoms with Crippen molar-refractivity contribution >= 4 is 11.6 Å². The molecule has 0 amide bonds. The Hall–Kier alpha value is -1.92. The summed E-state index contributed by atoms with van der Waals surface area (Å²) >= 11 is 0. The first kappa shape index (κ1) is 16.0. The molecule has 2 aromatic rings. The third kappa shape index (κ3) is 3.38. The summed E-state index contributed by atoms with van der Waals surface area (Å²) in [5.41, 5.74) is 1.84. The zero-order valence-electron chi connectivity index (χ0n) is 13.9. The predicted octanol–water partition coefficient (Wildman–Crippen LogP) is 3.32. The number of methoxy groups -OCH3 is 1. The molecule has 1 aromatic heterocycles. The number of rotatable bonds is 5. The minimum absolute atomic E-state index is 0.426. The molecule has 0 saturated carbocycles. The lowest BCUT2D eigenvalue weighted by Gasteiger charge is -2.33. The second-order valence-electron chi connectivity index (χ2n) is 6.22. The number of ether oxygens (including phenoxy) is 2. The maximum absolute atomic E-state index is 5.74. The van der Waals surface area contributed by atoms with Crippen LogP contribution in [-0.2, 0) is 15.1 Å². The summed E-state index contributed by atoms with van der Waals surface area (Å²) in [5.74, 6) is 1.80. The fraction of sp³-hybridized carbons (Fsp3) is 0.529. The van der Waals surface area contributed by atoms with Gasteiger partial charge >= 0.3 is 0 Å². The summed E-state index contributed by atoms with van der Waals surface area (Å²) < 4.78 is 11.2. The molecule has 23 heavy (non-hydrogen) atoms. The van der Waals surface area contributed by atoms with Crippen LogP contribution in [0.25, 0.3) is 0 Å². The lowest BCUT2D eigenvalue weighted by atomic mass is 9.93. The molecule has 6 heteroatoms. The maximum atomic E-state index is 5.74. The van der Waals surface area contributed by atoms with Gasteiger partial charge in [0.25, 0.3) is 0 Å². The van der Waals surface area contributed by atoms with Crippen molar-refractivity contribution in [3.63, 3.8) is 0 Å². The summed E-state index contributed by atoms with van der Waals surface area (Å²) in [4.78, 5) is 4.59. The van der Waals surface area contributed by atoms with E-state index in [4.69, 9.17) is 9.47 Å². The molecule has 1 aliphatic rings. The standard InChI is InChI=1S/C17H24N4O2/c1-12(2)13-5-4-6-14(11-13)18-16-19-15(20-21-16)17(22-3)7-9-23-10-8-17/h4-6,11-12H,7-10H2,1-3H3,(H2,18,19,20,21). The van der Waals surface area contributed by atoms with Gasteiger partial charge in [0.2, 0.25) is 5.95 Å². The lowest BCUT2D eigenvalue weighted by molar-refractivity contribution is -0.0997. The number of nitrogens with one attached hydrogen (secondary N) is 2. The number of anilines is 2. The Kier molecular flexibility index (Phi) is 4.63. The van der Waals surface area contributed by atoms with Crippen molar-refractivity contribution in [1.29, 1.82) is 0 Å². The van der Waals surface area contributed by atoms with Gasteiger partial charge in [0.05, 0.1) is 0 Å². The van der Waals surface area contributed by atoms with Crippen molar-refractivity contribution in [1.82, 2.24) is 15.2 Å². The molecule has 2 N–H and O–H groups in total. The Morgan fingerprint density at radius 3 is 2.78 bits per heavy atom. The van der Waals surface area contributed by atoms with E-state index < -0.39 is 5.60 Å². The highest BCUT2D eigenvalue weighted by molar-refractivity contribution is 5.54. The van der Waals surface area contributed by atoms with Gasteiger partial charge in [0.1, 0.15) is 5.60 Å². The number of H-pyrrole nitrogens is 1. The first-order valence-corrected chi connectivity index (χ1v) is 8.06. The van der Waals surface area contributed by atoms with E-state index >= 15 is 0 Å². The monoisotopic (exact) mass is 316 g/mol. The van der Waals surface area contributed by atoms with E-state index in [1.165, 1.54) is 5.56 Å². The quantitative estimate of drug-likeness (QED) is 0.885. The number of hydrogen-bond donors (Lipinski definition) is 2. The molecular formula is C17H24N4O2. The molecule has 0 spiro atoms. The Balaban J connectivity index is 1.78. The van der Waals surface area contributed by atoms with Crippen LogP contribution in [0.3, 0.4) is 0 Å². The maximum Gasteiger partial charge on any atom is 0.246 e. The van der Waals surface area contributed by atoms with Gasteiger partial charge in [-0.1, -0.05) is 26.0 Å². The molecule has 1 aliphatic heterocycles. The molecule has 2 heterocycles. The molecule has 1 fully saturated rings. The lowest BCUT2D eigenvalue weighted by Crippen LogP contribution is -2.36. The summed E-state index contributed by atoms with van der Waals surface area (Å²) in [5, 5.41) is 10.6. The van der Waals surface area contributed by atoms with Crippen LogP contribution >= 0.6 is 0 Å². The van der Waals surface area contributed by atoms with Crippen molar-refractivity contribution in [3.8, 4) is 0 Å². The van der Waals surface area contributed by atoms with Gasteiger partial charge in [-0.15, -0.1) is 5.10 Å². The Morgan fingerprint density at radius 2 is 2.09 bits per heavy atom. The molecular weight excluding hydrogens is 292 g/mol. The van der Waals surface area contributed by atoms with Crippen LogP contribution in [0.4, 0.5) is 11.6 Å². The van der Waals surface area contributed by atoms with Crippen LogP contribution in [0.5, 0.6) is 0 Å². The summed E-state index contributed by atoms with van der Waals surface area (Å²) in [6, 6.07) is 8.31. The smallest absolute Gasteiger partial charge is 0.246 e. The van der Waals surface area contributed by atoms with Gasteiger partial charge in [-0.25, -0.2) is 0 Å². The number of nitrogens with zero attached hydrogens (tertiary/aromatic N) is 2. The van der Waals surface area contributed by atoms with Crippen LogP contribution in [0, 0.1) is 0 Å². The topological polar surface area (TPSA) is 72.1 Å². The molecule has 1 saturated heterocycles. The summed E-state index contributed by atoms with van der Waals surface area (Å²) in [6.07, 6.45) is 1.56. The van der Waals surface area contributed by atoms with Crippen molar-refractivity contribution in [3.05, 3.63) is 35.7 Å². The van der Waals surface area contributed by atoms with Crippen molar-refractivity contribution < 1.29 is 9.47 Å². The highest BCUT2D eigenvalue weighted by Gasteiger charge is 2.37. The molecule has 3 rings (SSSR count). The van der Waals surface area contributed by atoms with Gasteiger partial charge in [-0.3, -0.25) is 5.10 Å². The molecule has 6 nitrogen and oxygen atoms in total. The molecule has 124 valence electrons. The first-order chi connectivity index (χ1) is 11.1. The Morgan fingerprint density at radius 1 is 1.30 bits per heavy atom. The Bertz CT molecular complexity index is 648. The number of aromatic amines is 1. The van der Waals surface area contributed by atoms with Crippen LogP contribution in [0.2, 0.25) is 0 Å². The van der Waals surface area contributed by atoms with Crippen molar-refractivity contribution in [2.45, 2.75) is 38.2 Å². The van der Waals surface area contributed by atoms with E-state index in [1.807, 2.05) is 12.1 Å². The average Bonchev–Trinajstić information content (AvgIpc) is 3.05. The number of hydrogen-bond acceptors (Lipinski definition) is 5. The number of benzene rings is 1. The van der Waals surface area contributed by atoms with Gasteiger partial charge in [-0.2, -0.15) is 4.98 Å². The van der Waals surface area contributed by atoms with Gasteiger partial charge in [0.15, 0.2) is 5.82 Å². The fourth-order valence-electron chi connectivity index (χ4n) is 2.86. The van der Waals surface area contributed by atoms with E-state index in [-0.39, 0.29) is 0 Å². The van der Waals surface area contributed by atoms with E-state index in [1.54, 1.807) is 7.11 Å². The fourth-order valence-corrected chi connectivity index (χ4v) is 2.86. The second-order valence-corrected chi connectivity index (χ2v) is 6.22. The number of aromatic nitrogens is 3. The average molecular weight is 316 g/mol. The molecule has 0 radical (unpaired) electrons. The van der Waals surface area contributed by atoms with Gasteiger partial charge in [-0.05, 0) is 23.6 Å². The molecule has 0 aliphatic carbocycles. The second kappa shape index (κ2) is 6.68. The zero-order valence-corrected chi connectivity index (χ0v) is 13.9. The highest BCUT2D eigenvalue weighted by Crippen LogP contribution is 2.33. The van der Waals surface area contributed by atoms with Gasteiger partial charge in [0, 0.05) is 38.9 Å². The third-order valence-electron chi connectivity index (χ3n) is 4.42. The minimum atomic E-state index is -0.426. The van der Waals surface area contributed by atoms with Gasteiger partial charge < -0.3 is 14.8 Å². The van der Waals surface area contributed by atoms with E-state index in [0.717, 1.165) is 24.4 Å². The van der Waals surface area contributed by atoms with Crippen LogP contribution < -0.4 is 5.32 Å². The van der Waals surface area contributed by atoms with Crippen LogP contribution in [0.1, 0.15) is 44.0 Å². The predicted molar refractivity (Wildman–Crippen MR) is 88.9 cm³/mol. The Labute approximate surface area is 136 Å². The van der Waals surface area contributed by atoms with E-state index in [0.29, 0.717) is 25.1 Å². The van der Waals surface area contributed by atoms with E-state index in [2.05, 4.69) is 46.5 Å². The SMILES string of the molecule is COC1(c2nc(Nc3cccc(C(C)C)c3)n[nH]2)CCOCC1. The van der Waals surface area contributed by atoms with E-state index in [9.17, 15) is 0 Å². The molecule has 0 atom stereocenters. The van der Waals surface area contributed by atoms with Crippen molar-refractivity contribution in [2.75, 3.05) is 25.6 Å². The normalized spacial score (nSPS) is 17.4. The largest absolute Gasteiger partial charge is 0.381 e. The molecule has 1 aromatic carbocycles. The van der Waals surface area contributed by atoms with Crippen LogP contribution in [0.15, 0.2) is 24.3 Å². The molecule has 0 bridgehead atoms. The third-order valence-corrected chi connectivity index (χ3v) is 4.42. The van der Waals surface area contributed by atoms with Crippen LogP contribution in [-0.4, -0.2) is 35.5 Å². The summed E-state index contributed by atoms with van der Waals surface area (Å²) in [6.45, 7) is 5.70. The summed E-state index contributed by atoms with van der Waals surface area (Å²) in [7, 11) is 1.72. The highest BCUT2D eigenvalue weighted by atomic mass is 16.5. The minimum Gasteiger partial charge on any atom is -0.381 e. The molecule has 0 unspecified atom stereocenters. The van der Waals surface area contributed by atoms with Crippen molar-refractivity contribution in [2.24, 2.45) is 0 Å². The first-order valence-electron chi connectivity index (χ1n) is 8.06.